The van der Waals surface area contributed by atoms with Gasteiger partial charge in [0.05, 0.1) is 5.75 Å². The minimum atomic E-state index is -3.22. The summed E-state index contributed by atoms with van der Waals surface area (Å²) in [6, 6.07) is 0.255. The van der Waals surface area contributed by atoms with Crippen LogP contribution in [0.5, 0.6) is 0 Å². The minimum absolute atomic E-state index is 0. The van der Waals surface area contributed by atoms with Crippen LogP contribution in [0.15, 0.2) is 0 Å². The van der Waals surface area contributed by atoms with Gasteiger partial charge in [0.2, 0.25) is 15.9 Å². The number of nitrogens with zero attached hydrogens (tertiary/aromatic N) is 1. The molecule has 2 fully saturated rings. The first-order valence-electron chi connectivity index (χ1n) is 7.13. The van der Waals surface area contributed by atoms with Crippen molar-refractivity contribution in [2.75, 3.05) is 43.4 Å². The summed E-state index contributed by atoms with van der Waals surface area (Å²) in [5.74, 6) is 1.66. The Morgan fingerprint density at radius 2 is 2.05 bits per heavy atom. The van der Waals surface area contributed by atoms with Crippen LogP contribution in [0.4, 0.5) is 0 Å². The highest BCUT2D eigenvalue weighted by atomic mass is 35.5. The SMILES string of the molecule is Cl.O=C(CC1CCCN1)NCCS(=O)(=O)N1CCSCC1. The van der Waals surface area contributed by atoms with Gasteiger partial charge in [-0.25, -0.2) is 12.7 Å². The Kier molecular flexibility index (Phi) is 8.33. The van der Waals surface area contributed by atoms with E-state index in [9.17, 15) is 13.2 Å². The maximum Gasteiger partial charge on any atom is 0.221 e. The first kappa shape index (κ1) is 19.0. The first-order chi connectivity index (χ1) is 9.58. The number of amides is 1. The van der Waals surface area contributed by atoms with Gasteiger partial charge in [-0.1, -0.05) is 0 Å². The monoisotopic (exact) mass is 357 g/mol. The zero-order valence-electron chi connectivity index (χ0n) is 12.0. The summed E-state index contributed by atoms with van der Waals surface area (Å²) in [7, 11) is -3.22. The summed E-state index contributed by atoms with van der Waals surface area (Å²) in [5.41, 5.74) is 0. The van der Waals surface area contributed by atoms with Crippen molar-refractivity contribution in [3.8, 4) is 0 Å². The lowest BCUT2D eigenvalue weighted by Crippen LogP contribution is -2.42. The third-order valence-corrected chi connectivity index (χ3v) is 6.45. The highest BCUT2D eigenvalue weighted by Gasteiger charge is 2.24. The van der Waals surface area contributed by atoms with Crippen LogP contribution in [-0.2, 0) is 14.8 Å². The lowest BCUT2D eigenvalue weighted by atomic mass is 10.1. The molecule has 9 heteroatoms. The van der Waals surface area contributed by atoms with Crippen molar-refractivity contribution in [1.29, 1.82) is 0 Å². The van der Waals surface area contributed by atoms with Crippen molar-refractivity contribution in [2.45, 2.75) is 25.3 Å². The number of nitrogens with one attached hydrogen (secondary N) is 2. The molecule has 1 unspecified atom stereocenters. The Balaban J connectivity index is 0.00000220. The van der Waals surface area contributed by atoms with E-state index >= 15 is 0 Å². The minimum Gasteiger partial charge on any atom is -0.355 e. The van der Waals surface area contributed by atoms with Crippen LogP contribution in [0.3, 0.4) is 0 Å². The van der Waals surface area contributed by atoms with Crippen LogP contribution >= 0.6 is 24.2 Å². The van der Waals surface area contributed by atoms with Crippen LogP contribution in [0.2, 0.25) is 0 Å². The lowest BCUT2D eigenvalue weighted by Gasteiger charge is -2.25. The summed E-state index contributed by atoms with van der Waals surface area (Å²) in [5, 5.41) is 5.97. The van der Waals surface area contributed by atoms with Gasteiger partial charge in [0, 0.05) is 43.6 Å². The average Bonchev–Trinajstić information content (AvgIpc) is 2.92. The van der Waals surface area contributed by atoms with E-state index in [2.05, 4.69) is 10.6 Å². The van der Waals surface area contributed by atoms with Gasteiger partial charge in [0.1, 0.15) is 0 Å². The molecule has 0 aromatic heterocycles. The Bertz CT molecular complexity index is 421. The molecule has 2 N–H and O–H groups in total. The van der Waals surface area contributed by atoms with Crippen molar-refractivity contribution in [1.82, 2.24) is 14.9 Å². The summed E-state index contributed by atoms with van der Waals surface area (Å²) >= 11 is 1.78. The molecule has 2 rings (SSSR count). The van der Waals surface area contributed by atoms with Crippen LogP contribution in [-0.4, -0.2) is 68.1 Å². The molecule has 0 radical (unpaired) electrons. The van der Waals surface area contributed by atoms with Crippen molar-refractivity contribution in [3.63, 3.8) is 0 Å². The van der Waals surface area contributed by atoms with E-state index in [-0.39, 0.29) is 36.7 Å². The number of sulfonamides is 1. The molecule has 0 saturated carbocycles. The van der Waals surface area contributed by atoms with Gasteiger partial charge in [-0.2, -0.15) is 11.8 Å². The third-order valence-electron chi connectivity index (χ3n) is 3.64. The quantitative estimate of drug-likeness (QED) is 0.702. The van der Waals surface area contributed by atoms with Crippen LogP contribution < -0.4 is 10.6 Å². The normalized spacial score (nSPS) is 23.5. The molecule has 2 aliphatic heterocycles. The molecule has 0 aromatic carbocycles. The predicted octanol–water partition coefficient (Wildman–Crippen LogP) is 0.0451. The van der Waals surface area contributed by atoms with E-state index in [0.717, 1.165) is 30.9 Å². The van der Waals surface area contributed by atoms with Crippen LogP contribution in [0.25, 0.3) is 0 Å². The van der Waals surface area contributed by atoms with E-state index in [0.29, 0.717) is 19.5 Å². The fraction of sp³-hybridized carbons (Fsp3) is 0.917. The van der Waals surface area contributed by atoms with E-state index in [4.69, 9.17) is 0 Å². The van der Waals surface area contributed by atoms with Crippen LogP contribution in [0.1, 0.15) is 19.3 Å². The Morgan fingerprint density at radius 3 is 2.67 bits per heavy atom. The van der Waals surface area contributed by atoms with Crippen molar-refractivity contribution in [3.05, 3.63) is 0 Å². The molecular formula is C12H24ClN3O3S2. The fourth-order valence-electron chi connectivity index (χ4n) is 2.50. The highest BCUT2D eigenvalue weighted by molar-refractivity contribution is 7.99. The Morgan fingerprint density at radius 1 is 1.33 bits per heavy atom. The molecule has 6 nitrogen and oxygen atoms in total. The van der Waals surface area contributed by atoms with Gasteiger partial charge in [0.15, 0.2) is 0 Å². The number of hydrogen-bond acceptors (Lipinski definition) is 5. The zero-order chi connectivity index (χ0) is 14.4. The summed E-state index contributed by atoms with van der Waals surface area (Å²) in [4.78, 5) is 11.7. The smallest absolute Gasteiger partial charge is 0.221 e. The standard InChI is InChI=1S/C12H23N3O3S2.ClH/c16-12(10-11-2-1-3-13-11)14-4-9-20(17,18)15-5-7-19-8-6-15;/h11,13H,1-10H2,(H,14,16);1H. The van der Waals surface area contributed by atoms with Crippen molar-refractivity contribution in [2.24, 2.45) is 0 Å². The Hall–Kier alpha value is -0.0200. The lowest BCUT2D eigenvalue weighted by molar-refractivity contribution is -0.121. The molecule has 0 spiro atoms. The molecule has 0 bridgehead atoms. The van der Waals surface area contributed by atoms with E-state index < -0.39 is 10.0 Å². The second-order valence-corrected chi connectivity index (χ2v) is 8.49. The largest absolute Gasteiger partial charge is 0.355 e. The highest BCUT2D eigenvalue weighted by Crippen LogP contribution is 2.13. The molecule has 0 aliphatic carbocycles. The number of thioether (sulfide) groups is 1. The predicted molar refractivity (Wildman–Crippen MR) is 88.6 cm³/mol. The maximum absolute atomic E-state index is 12.1. The van der Waals surface area contributed by atoms with Gasteiger partial charge in [-0.05, 0) is 19.4 Å². The maximum atomic E-state index is 12.1. The summed E-state index contributed by atoms with van der Waals surface area (Å²) < 4.78 is 25.7. The molecule has 2 heterocycles. The molecule has 1 atom stereocenters. The molecule has 124 valence electrons. The number of carbonyl (C=O) groups excluding carboxylic acids is 1. The number of halogens is 1. The first-order valence-corrected chi connectivity index (χ1v) is 9.90. The second kappa shape index (κ2) is 9.19. The summed E-state index contributed by atoms with van der Waals surface area (Å²) in [6.07, 6.45) is 2.58. The van der Waals surface area contributed by atoms with Crippen molar-refractivity contribution >= 4 is 40.1 Å². The summed E-state index contributed by atoms with van der Waals surface area (Å²) in [6.45, 7) is 2.36. The topological polar surface area (TPSA) is 78.5 Å². The number of hydrogen-bond donors (Lipinski definition) is 2. The van der Waals surface area contributed by atoms with Crippen molar-refractivity contribution < 1.29 is 13.2 Å². The number of carbonyl (C=O) groups is 1. The molecule has 1 amide bonds. The Labute approximate surface area is 137 Å². The second-order valence-electron chi connectivity index (χ2n) is 5.17. The molecule has 2 saturated heterocycles. The molecular weight excluding hydrogens is 334 g/mol. The average molecular weight is 358 g/mol. The van der Waals surface area contributed by atoms with Gasteiger partial charge >= 0.3 is 0 Å². The van der Waals surface area contributed by atoms with E-state index in [1.807, 2.05) is 0 Å². The molecule has 2 aliphatic rings. The van der Waals surface area contributed by atoms with Gasteiger partial charge in [-0.15, -0.1) is 12.4 Å². The molecule has 0 aromatic rings. The van der Waals surface area contributed by atoms with Crippen LogP contribution in [0, 0.1) is 0 Å². The van der Waals surface area contributed by atoms with Gasteiger partial charge in [0.25, 0.3) is 0 Å². The molecule has 21 heavy (non-hydrogen) atoms. The van der Waals surface area contributed by atoms with E-state index in [1.165, 1.54) is 4.31 Å². The zero-order valence-corrected chi connectivity index (χ0v) is 14.5. The fourth-order valence-corrected chi connectivity index (χ4v) is 4.99. The van der Waals surface area contributed by atoms with E-state index in [1.54, 1.807) is 11.8 Å². The van der Waals surface area contributed by atoms with Gasteiger partial charge in [-0.3, -0.25) is 4.79 Å². The number of rotatable bonds is 6. The van der Waals surface area contributed by atoms with Gasteiger partial charge < -0.3 is 10.6 Å². The third kappa shape index (κ3) is 6.32.